The molecule has 0 bridgehead atoms. The molecule has 1 aliphatic carbocycles. The second-order valence-electron chi connectivity index (χ2n) is 8.62. The number of anilines is 1. The van der Waals surface area contributed by atoms with Crippen LogP contribution >= 0.6 is 22.7 Å². The van der Waals surface area contributed by atoms with Crippen molar-refractivity contribution in [3.05, 3.63) is 74.1 Å². The minimum Gasteiger partial charge on any atom is -0.351 e. The summed E-state index contributed by atoms with van der Waals surface area (Å²) in [7, 11) is 0. The minimum absolute atomic E-state index is 0.129. The van der Waals surface area contributed by atoms with E-state index in [4.69, 9.17) is 0 Å². The van der Waals surface area contributed by atoms with Crippen molar-refractivity contribution in [2.24, 2.45) is 0 Å². The zero-order valence-corrected chi connectivity index (χ0v) is 21.0. The maximum absolute atomic E-state index is 13.7. The van der Waals surface area contributed by atoms with Crippen LogP contribution in [0.2, 0.25) is 0 Å². The Bertz CT molecular complexity index is 1140. The third-order valence-corrected chi connectivity index (χ3v) is 7.84. The molecule has 178 valence electrons. The van der Waals surface area contributed by atoms with Gasteiger partial charge in [0, 0.05) is 16.6 Å². The van der Waals surface area contributed by atoms with Crippen molar-refractivity contribution in [1.82, 2.24) is 10.6 Å². The number of hydrogen-bond donors (Lipinski definition) is 2. The van der Waals surface area contributed by atoms with E-state index in [1.165, 1.54) is 22.7 Å². The van der Waals surface area contributed by atoms with E-state index in [1.807, 2.05) is 54.9 Å². The average molecular weight is 496 g/mol. The Labute approximate surface area is 208 Å². The van der Waals surface area contributed by atoms with Crippen LogP contribution in [0.1, 0.15) is 57.4 Å². The summed E-state index contributed by atoms with van der Waals surface area (Å²) >= 11 is 2.77. The lowest BCUT2D eigenvalue weighted by atomic mass is 10.1. The summed E-state index contributed by atoms with van der Waals surface area (Å²) in [6.45, 7) is 3.73. The van der Waals surface area contributed by atoms with Crippen molar-refractivity contribution in [1.29, 1.82) is 0 Å². The summed E-state index contributed by atoms with van der Waals surface area (Å²) in [5, 5.41) is 9.64. The molecular weight excluding hydrogens is 466 g/mol. The van der Waals surface area contributed by atoms with E-state index in [2.05, 4.69) is 10.6 Å². The summed E-state index contributed by atoms with van der Waals surface area (Å²) in [6, 6.07) is 12.4. The molecule has 34 heavy (non-hydrogen) atoms. The Morgan fingerprint density at radius 1 is 1.03 bits per heavy atom. The fourth-order valence-corrected chi connectivity index (χ4v) is 5.85. The molecule has 2 heterocycles. The molecule has 0 radical (unpaired) electrons. The van der Waals surface area contributed by atoms with Crippen LogP contribution in [0, 0.1) is 13.8 Å². The van der Waals surface area contributed by atoms with Crippen LogP contribution in [0.4, 0.5) is 5.69 Å². The number of rotatable bonds is 8. The molecule has 0 aliphatic heterocycles. The van der Waals surface area contributed by atoms with Gasteiger partial charge in [0.25, 0.3) is 5.91 Å². The standard InChI is InChI=1S/C26H29N3O3S2/c1-17-11-12-20(18(2)15-17)29(23(30)16-27-25(31)22-10-6-14-34-22)24(21-9-5-13-33-21)26(32)28-19-7-3-4-8-19/h5-6,9-15,19,24H,3-4,7-8,16H2,1-2H3,(H,27,31)(H,28,32). The van der Waals surface area contributed by atoms with Gasteiger partial charge in [0.15, 0.2) is 0 Å². The molecule has 0 saturated heterocycles. The first-order chi connectivity index (χ1) is 16.4. The van der Waals surface area contributed by atoms with E-state index in [-0.39, 0.29) is 30.3 Å². The van der Waals surface area contributed by atoms with E-state index in [9.17, 15) is 14.4 Å². The van der Waals surface area contributed by atoms with E-state index >= 15 is 0 Å². The predicted octanol–water partition coefficient (Wildman–Crippen LogP) is 4.99. The SMILES string of the molecule is Cc1ccc(N(C(=O)CNC(=O)c2cccs2)C(C(=O)NC2CCCC2)c2cccs2)c(C)c1. The van der Waals surface area contributed by atoms with E-state index in [1.54, 1.807) is 17.0 Å². The van der Waals surface area contributed by atoms with Gasteiger partial charge in [-0.2, -0.15) is 0 Å². The number of aryl methyl sites for hydroxylation is 2. The van der Waals surface area contributed by atoms with Gasteiger partial charge in [-0.3, -0.25) is 19.3 Å². The molecule has 3 amide bonds. The van der Waals surface area contributed by atoms with E-state index in [0.717, 1.165) is 41.7 Å². The fourth-order valence-electron chi connectivity index (χ4n) is 4.40. The lowest BCUT2D eigenvalue weighted by Gasteiger charge is -2.32. The highest BCUT2D eigenvalue weighted by atomic mass is 32.1. The Morgan fingerprint density at radius 3 is 2.41 bits per heavy atom. The van der Waals surface area contributed by atoms with Crippen molar-refractivity contribution >= 4 is 46.1 Å². The number of carbonyl (C=O) groups excluding carboxylic acids is 3. The van der Waals surface area contributed by atoms with Crippen LogP contribution in [0.3, 0.4) is 0 Å². The molecule has 2 aromatic heterocycles. The van der Waals surface area contributed by atoms with Crippen LogP contribution in [0.5, 0.6) is 0 Å². The first-order valence-corrected chi connectivity index (χ1v) is 13.2. The molecular formula is C26H29N3O3S2. The number of nitrogens with zero attached hydrogens (tertiary/aromatic N) is 1. The number of hydrogen-bond acceptors (Lipinski definition) is 5. The van der Waals surface area contributed by atoms with Crippen molar-refractivity contribution in [2.75, 3.05) is 11.4 Å². The molecule has 1 unspecified atom stereocenters. The zero-order valence-electron chi connectivity index (χ0n) is 19.4. The topological polar surface area (TPSA) is 78.5 Å². The highest BCUT2D eigenvalue weighted by Gasteiger charge is 2.35. The van der Waals surface area contributed by atoms with E-state index < -0.39 is 6.04 Å². The lowest BCUT2D eigenvalue weighted by Crippen LogP contribution is -2.49. The van der Waals surface area contributed by atoms with Gasteiger partial charge in [0.1, 0.15) is 6.04 Å². The van der Waals surface area contributed by atoms with Crippen molar-refractivity contribution in [3.63, 3.8) is 0 Å². The molecule has 1 fully saturated rings. The molecule has 1 aromatic carbocycles. The maximum atomic E-state index is 13.7. The van der Waals surface area contributed by atoms with Gasteiger partial charge in [-0.15, -0.1) is 22.7 Å². The maximum Gasteiger partial charge on any atom is 0.261 e. The second kappa shape index (κ2) is 11.0. The average Bonchev–Trinajstić information content (AvgIpc) is 3.59. The van der Waals surface area contributed by atoms with Crippen molar-refractivity contribution < 1.29 is 14.4 Å². The quantitative estimate of drug-likeness (QED) is 0.462. The van der Waals surface area contributed by atoms with Gasteiger partial charge in [-0.1, -0.05) is 42.7 Å². The van der Waals surface area contributed by atoms with Gasteiger partial charge in [-0.25, -0.2) is 0 Å². The number of thiophene rings is 2. The summed E-state index contributed by atoms with van der Waals surface area (Å²) in [5.41, 5.74) is 2.64. The first-order valence-electron chi connectivity index (χ1n) is 11.5. The summed E-state index contributed by atoms with van der Waals surface area (Å²) in [4.78, 5) is 42.7. The van der Waals surface area contributed by atoms with Crippen LogP contribution in [-0.4, -0.2) is 30.3 Å². The van der Waals surface area contributed by atoms with E-state index in [0.29, 0.717) is 10.6 Å². The Balaban J connectivity index is 1.67. The van der Waals surface area contributed by atoms with Gasteiger partial charge >= 0.3 is 0 Å². The van der Waals surface area contributed by atoms with Gasteiger partial charge < -0.3 is 10.6 Å². The molecule has 2 N–H and O–H groups in total. The third kappa shape index (κ3) is 5.56. The zero-order chi connectivity index (χ0) is 24.1. The Kier molecular flexibility index (Phi) is 7.80. The molecule has 1 atom stereocenters. The molecule has 1 saturated carbocycles. The highest BCUT2D eigenvalue weighted by Crippen LogP contribution is 2.33. The van der Waals surface area contributed by atoms with Gasteiger partial charge in [0.2, 0.25) is 11.8 Å². The van der Waals surface area contributed by atoms with Crippen LogP contribution in [0.25, 0.3) is 0 Å². The molecule has 1 aliphatic rings. The lowest BCUT2D eigenvalue weighted by molar-refractivity contribution is -0.126. The van der Waals surface area contributed by atoms with Crippen molar-refractivity contribution in [3.8, 4) is 0 Å². The highest BCUT2D eigenvalue weighted by molar-refractivity contribution is 7.12. The molecule has 8 heteroatoms. The summed E-state index contributed by atoms with van der Waals surface area (Å²) < 4.78 is 0. The molecule has 6 nitrogen and oxygen atoms in total. The summed E-state index contributed by atoms with van der Waals surface area (Å²) in [5.74, 6) is -0.823. The van der Waals surface area contributed by atoms with Crippen LogP contribution in [-0.2, 0) is 9.59 Å². The number of amides is 3. The normalized spacial score (nSPS) is 14.5. The fraction of sp³-hybridized carbons (Fsp3) is 0.346. The number of benzene rings is 1. The monoisotopic (exact) mass is 495 g/mol. The largest absolute Gasteiger partial charge is 0.351 e. The first kappa shape index (κ1) is 24.2. The third-order valence-electron chi connectivity index (χ3n) is 6.05. The second-order valence-corrected chi connectivity index (χ2v) is 10.5. The van der Waals surface area contributed by atoms with Gasteiger partial charge in [0.05, 0.1) is 11.4 Å². The summed E-state index contributed by atoms with van der Waals surface area (Å²) in [6.07, 6.45) is 4.11. The molecule has 3 aromatic rings. The van der Waals surface area contributed by atoms with Crippen LogP contribution in [0.15, 0.2) is 53.2 Å². The van der Waals surface area contributed by atoms with Crippen molar-refractivity contribution in [2.45, 2.75) is 51.6 Å². The Morgan fingerprint density at radius 2 is 1.76 bits per heavy atom. The number of nitrogens with one attached hydrogen (secondary N) is 2. The predicted molar refractivity (Wildman–Crippen MR) is 138 cm³/mol. The van der Waals surface area contributed by atoms with Crippen LogP contribution < -0.4 is 15.5 Å². The number of carbonyl (C=O) groups is 3. The smallest absolute Gasteiger partial charge is 0.261 e. The Hall–Kier alpha value is -2.97. The minimum atomic E-state index is -0.812. The molecule has 0 spiro atoms. The molecule has 4 rings (SSSR count). The van der Waals surface area contributed by atoms with Gasteiger partial charge in [-0.05, 0) is 61.2 Å².